The fourth-order valence-corrected chi connectivity index (χ4v) is 8.87. The van der Waals surface area contributed by atoms with Crippen molar-refractivity contribution in [2.45, 2.75) is 144 Å². The fraction of sp³-hybridized carbons (Fsp3) is 0.632. The quantitative estimate of drug-likeness (QED) is 0.170. The van der Waals surface area contributed by atoms with Crippen LogP contribution in [0.5, 0.6) is 11.5 Å². The molecule has 264 valence electrons. The molecule has 0 heterocycles. The molecule has 0 saturated heterocycles. The number of hydrogen-bond donors (Lipinski definition) is 2. The maximum Gasteiger partial charge on any atom is 0.307 e. The molecule has 0 spiro atoms. The normalized spacial score (nSPS) is 14.6. The van der Waals surface area contributed by atoms with Gasteiger partial charge in [0, 0.05) is 0 Å². The third kappa shape index (κ3) is 9.52. The number of sulfone groups is 1. The number of carbonyl (C=O) groups excluding carboxylic acids is 2. The lowest BCUT2D eigenvalue weighted by atomic mass is 9.90. The van der Waals surface area contributed by atoms with Crippen molar-refractivity contribution in [3.63, 3.8) is 0 Å². The SMILES string of the molecule is CCC(C)c1cc(C)c(COC(=O)CC(C(C)C)S(=O)(=O)C(CC(=O)OCc2c(C)cc(C(C)CC)c(O)c2C)C(C)C)c(C)c1O. The molecule has 9 heteroatoms. The lowest BCUT2D eigenvalue weighted by Crippen LogP contribution is -2.41. The molecule has 2 rings (SSSR count). The van der Waals surface area contributed by atoms with E-state index in [-0.39, 0.29) is 49.4 Å². The highest BCUT2D eigenvalue weighted by Crippen LogP contribution is 2.37. The first-order chi connectivity index (χ1) is 21.8. The fourth-order valence-electron chi connectivity index (χ4n) is 6.16. The molecule has 0 aliphatic heterocycles. The van der Waals surface area contributed by atoms with Crippen LogP contribution in [0.25, 0.3) is 0 Å². The van der Waals surface area contributed by atoms with Crippen LogP contribution in [0.1, 0.15) is 137 Å². The van der Waals surface area contributed by atoms with Crippen LogP contribution in [0.3, 0.4) is 0 Å². The molecule has 0 aliphatic carbocycles. The van der Waals surface area contributed by atoms with Gasteiger partial charge in [0.15, 0.2) is 9.84 Å². The van der Waals surface area contributed by atoms with Crippen molar-refractivity contribution in [3.05, 3.63) is 56.6 Å². The number of aromatic hydroxyl groups is 2. The van der Waals surface area contributed by atoms with E-state index in [1.165, 1.54) is 0 Å². The number of aryl methyl sites for hydroxylation is 2. The van der Waals surface area contributed by atoms with E-state index in [4.69, 9.17) is 9.47 Å². The van der Waals surface area contributed by atoms with Gasteiger partial charge < -0.3 is 19.7 Å². The maximum absolute atomic E-state index is 14.0. The summed E-state index contributed by atoms with van der Waals surface area (Å²) in [6.45, 7) is 22.4. The summed E-state index contributed by atoms with van der Waals surface area (Å²) in [5.41, 5.74) is 6.17. The standard InChI is InChI=1S/C38H58O8S/c1-13-23(7)29-15-25(9)31(27(11)37(29)41)19-45-35(39)17-33(21(3)4)47(43,44)34(22(5)6)18-36(40)46-20-32-26(10)16-30(24(8)14-2)38(42)28(32)12/h15-16,21-24,33-34,41-42H,13-14,17-20H2,1-12H3. The van der Waals surface area contributed by atoms with Crippen molar-refractivity contribution in [1.82, 2.24) is 0 Å². The van der Waals surface area contributed by atoms with Gasteiger partial charge in [-0.05, 0) is 109 Å². The molecule has 0 bridgehead atoms. The van der Waals surface area contributed by atoms with E-state index < -0.39 is 44.1 Å². The Labute approximate surface area is 283 Å². The predicted octanol–water partition coefficient (Wildman–Crippen LogP) is 8.39. The van der Waals surface area contributed by atoms with Gasteiger partial charge in [-0.2, -0.15) is 0 Å². The number of hydrogen-bond acceptors (Lipinski definition) is 8. The van der Waals surface area contributed by atoms with Gasteiger partial charge in [0.2, 0.25) is 0 Å². The number of ether oxygens (including phenoxy) is 2. The number of phenolic OH excluding ortho intramolecular Hbond substituents is 2. The Balaban J connectivity index is 2.20. The molecule has 47 heavy (non-hydrogen) atoms. The largest absolute Gasteiger partial charge is 0.507 e. The highest BCUT2D eigenvalue weighted by Gasteiger charge is 2.40. The second-order valence-corrected chi connectivity index (χ2v) is 16.4. The number of phenols is 2. The summed E-state index contributed by atoms with van der Waals surface area (Å²) in [4.78, 5) is 26.2. The summed E-state index contributed by atoms with van der Waals surface area (Å²) in [6.07, 6.45) is 1.04. The maximum atomic E-state index is 14.0. The van der Waals surface area contributed by atoms with E-state index in [0.29, 0.717) is 22.3 Å². The molecule has 2 aromatic carbocycles. The van der Waals surface area contributed by atoms with Crippen molar-refractivity contribution in [2.75, 3.05) is 0 Å². The first kappa shape index (κ1) is 40.1. The Hall–Kier alpha value is -3.07. The van der Waals surface area contributed by atoms with Gasteiger partial charge in [-0.3, -0.25) is 9.59 Å². The monoisotopic (exact) mass is 674 g/mol. The molecule has 4 atom stereocenters. The van der Waals surface area contributed by atoms with Crippen molar-refractivity contribution < 1.29 is 37.7 Å². The van der Waals surface area contributed by atoms with Gasteiger partial charge in [0.25, 0.3) is 0 Å². The van der Waals surface area contributed by atoms with Gasteiger partial charge in [-0.15, -0.1) is 0 Å². The van der Waals surface area contributed by atoms with Crippen molar-refractivity contribution in [1.29, 1.82) is 0 Å². The molecule has 8 nitrogen and oxygen atoms in total. The molecular weight excluding hydrogens is 616 g/mol. The number of benzene rings is 2. The smallest absolute Gasteiger partial charge is 0.307 e. The Bertz CT molecular complexity index is 1420. The minimum Gasteiger partial charge on any atom is -0.507 e. The summed E-state index contributed by atoms with van der Waals surface area (Å²) < 4.78 is 39.2. The Morgan fingerprint density at radius 3 is 1.26 bits per heavy atom. The molecule has 4 unspecified atom stereocenters. The summed E-state index contributed by atoms with van der Waals surface area (Å²) in [5, 5.41) is 19.5. The van der Waals surface area contributed by atoms with Gasteiger partial charge in [0.05, 0.1) is 23.3 Å². The van der Waals surface area contributed by atoms with Crippen LogP contribution >= 0.6 is 0 Å². The van der Waals surface area contributed by atoms with E-state index in [1.54, 1.807) is 41.5 Å². The molecule has 0 radical (unpaired) electrons. The highest BCUT2D eigenvalue weighted by molar-refractivity contribution is 7.92. The molecule has 0 fully saturated rings. The molecular formula is C38H58O8S. The zero-order chi connectivity index (χ0) is 36.0. The zero-order valence-electron chi connectivity index (χ0n) is 30.6. The van der Waals surface area contributed by atoms with E-state index in [9.17, 15) is 28.2 Å². The van der Waals surface area contributed by atoms with Crippen LogP contribution < -0.4 is 0 Å². The molecule has 2 N–H and O–H groups in total. The summed E-state index contributed by atoms with van der Waals surface area (Å²) >= 11 is 0. The zero-order valence-corrected chi connectivity index (χ0v) is 31.4. The second-order valence-electron chi connectivity index (χ2n) is 14.0. The van der Waals surface area contributed by atoms with Gasteiger partial charge >= 0.3 is 11.9 Å². The van der Waals surface area contributed by atoms with E-state index >= 15 is 0 Å². The van der Waals surface area contributed by atoms with Gasteiger partial charge in [-0.1, -0.05) is 67.5 Å². The topological polar surface area (TPSA) is 127 Å². The van der Waals surface area contributed by atoms with E-state index in [2.05, 4.69) is 13.8 Å². The molecule has 0 saturated carbocycles. The molecule has 0 amide bonds. The third-order valence-electron chi connectivity index (χ3n) is 9.97. The number of esters is 2. The second kappa shape index (κ2) is 16.8. The molecule has 0 aliphatic rings. The van der Waals surface area contributed by atoms with Crippen LogP contribution in [-0.4, -0.2) is 41.1 Å². The number of rotatable bonds is 16. The van der Waals surface area contributed by atoms with Crippen LogP contribution in [0, 0.1) is 39.5 Å². The van der Waals surface area contributed by atoms with Crippen LogP contribution in [0.2, 0.25) is 0 Å². The van der Waals surface area contributed by atoms with Crippen molar-refractivity contribution >= 4 is 21.8 Å². The van der Waals surface area contributed by atoms with Crippen LogP contribution in [0.15, 0.2) is 12.1 Å². The molecule has 2 aromatic rings. The summed E-state index contributed by atoms with van der Waals surface area (Å²) in [5.74, 6) is -1.41. The number of carbonyl (C=O) groups is 2. The van der Waals surface area contributed by atoms with E-state index in [0.717, 1.165) is 35.1 Å². The lowest BCUT2D eigenvalue weighted by Gasteiger charge is -2.28. The Kier molecular flexibility index (Phi) is 14.4. The Morgan fingerprint density at radius 2 is 0.979 bits per heavy atom. The van der Waals surface area contributed by atoms with Crippen molar-refractivity contribution in [2.24, 2.45) is 11.8 Å². The lowest BCUT2D eigenvalue weighted by molar-refractivity contribution is -0.145. The minimum absolute atomic E-state index is 0.0810. The highest BCUT2D eigenvalue weighted by atomic mass is 32.2. The first-order valence-corrected chi connectivity index (χ1v) is 18.6. The average molecular weight is 675 g/mol. The average Bonchev–Trinajstić information content (AvgIpc) is 3.00. The van der Waals surface area contributed by atoms with Gasteiger partial charge in [-0.25, -0.2) is 8.42 Å². The first-order valence-electron chi connectivity index (χ1n) is 17.0. The minimum atomic E-state index is -3.98. The summed E-state index contributed by atoms with van der Waals surface area (Å²) in [7, 11) is -3.98. The van der Waals surface area contributed by atoms with Crippen LogP contribution in [0.4, 0.5) is 0 Å². The van der Waals surface area contributed by atoms with Gasteiger partial charge in [0.1, 0.15) is 24.7 Å². The predicted molar refractivity (Wildman–Crippen MR) is 188 cm³/mol. The Morgan fingerprint density at radius 1 is 0.660 bits per heavy atom. The summed E-state index contributed by atoms with van der Waals surface area (Å²) in [6, 6.07) is 3.83. The third-order valence-corrected chi connectivity index (χ3v) is 13.1. The van der Waals surface area contributed by atoms with Crippen LogP contribution in [-0.2, 0) is 42.1 Å². The van der Waals surface area contributed by atoms with Crippen molar-refractivity contribution in [3.8, 4) is 11.5 Å². The van der Waals surface area contributed by atoms with E-state index in [1.807, 2.05) is 39.8 Å². The molecule has 0 aromatic heterocycles.